The Morgan fingerprint density at radius 1 is 1.06 bits per heavy atom. The van der Waals surface area contributed by atoms with E-state index in [1.165, 1.54) is 10.6 Å². The third-order valence-electron chi connectivity index (χ3n) is 6.88. The molecule has 1 aliphatic heterocycles. The second kappa shape index (κ2) is 11.9. The number of carbonyl (C=O) groups excluding carboxylic acids is 2. The van der Waals surface area contributed by atoms with Gasteiger partial charge < -0.3 is 15.5 Å². The molecule has 1 aromatic rings. The lowest BCUT2D eigenvalue weighted by atomic mass is 9.85. The minimum absolute atomic E-state index is 0. The zero-order valence-electron chi connectivity index (χ0n) is 19.6. The molecule has 180 valence electrons. The van der Waals surface area contributed by atoms with E-state index in [1.54, 1.807) is 0 Å². The maximum Gasteiger partial charge on any atom is 0.233 e. The van der Waals surface area contributed by atoms with E-state index in [1.807, 2.05) is 13.0 Å². The first-order valence-corrected chi connectivity index (χ1v) is 11.9. The predicted octanol–water partition coefficient (Wildman–Crippen LogP) is 2.88. The molecule has 8 heteroatoms. The number of hydrogen-bond donors (Lipinski definition) is 2. The summed E-state index contributed by atoms with van der Waals surface area (Å²) < 4.78 is 0. The van der Waals surface area contributed by atoms with E-state index in [9.17, 15) is 9.59 Å². The minimum atomic E-state index is -0.103. The molecule has 4 atom stereocenters. The van der Waals surface area contributed by atoms with Gasteiger partial charge in [0, 0.05) is 45.5 Å². The Morgan fingerprint density at radius 3 is 2.36 bits per heavy atom. The molecule has 7 nitrogen and oxygen atoms in total. The summed E-state index contributed by atoms with van der Waals surface area (Å²) in [5.41, 5.74) is 1.21. The number of fused-ring (bicyclic) bond motifs is 5. The van der Waals surface area contributed by atoms with Gasteiger partial charge in [0.15, 0.2) is 5.96 Å². The van der Waals surface area contributed by atoms with Crippen molar-refractivity contribution in [3.8, 4) is 0 Å². The topological polar surface area (TPSA) is 77.0 Å². The van der Waals surface area contributed by atoms with Gasteiger partial charge in [0.25, 0.3) is 0 Å². The number of nitrogens with one attached hydrogen (secondary N) is 2. The van der Waals surface area contributed by atoms with Crippen molar-refractivity contribution in [2.75, 3.05) is 44.7 Å². The average Bonchev–Trinajstić information content (AvgIpc) is 3.49. The Balaban J connectivity index is 0.00000306. The van der Waals surface area contributed by atoms with E-state index in [0.717, 1.165) is 38.4 Å². The van der Waals surface area contributed by atoms with E-state index < -0.39 is 0 Å². The standard InChI is InChI=1S/C25H35N5O2.HI/c1-3-26-25(27-13-7-15-29(2)20-9-5-4-6-10-20)28-14-8-16-30-23(31)21-18-11-12-19(17-18)22(21)24(30)32;/h4-6,9-12,18-19,21-22H,3,7-8,13-17H2,1-2H3,(H2,26,27,28);1H. The van der Waals surface area contributed by atoms with Crippen LogP contribution >= 0.6 is 24.0 Å². The third-order valence-corrected chi connectivity index (χ3v) is 6.88. The van der Waals surface area contributed by atoms with Crippen molar-refractivity contribution >= 4 is 47.4 Å². The maximum atomic E-state index is 12.8. The van der Waals surface area contributed by atoms with Crippen molar-refractivity contribution in [3.63, 3.8) is 0 Å². The first-order chi connectivity index (χ1) is 15.6. The summed E-state index contributed by atoms with van der Waals surface area (Å²) in [6.07, 6.45) is 6.93. The molecule has 3 aliphatic rings. The Bertz CT molecular complexity index is 845. The molecule has 4 rings (SSSR count). The van der Waals surface area contributed by atoms with Crippen molar-refractivity contribution in [1.29, 1.82) is 0 Å². The van der Waals surface area contributed by atoms with Gasteiger partial charge in [-0.1, -0.05) is 30.4 Å². The van der Waals surface area contributed by atoms with Crippen LogP contribution in [0.25, 0.3) is 0 Å². The van der Waals surface area contributed by atoms with Crippen LogP contribution in [0.5, 0.6) is 0 Å². The maximum absolute atomic E-state index is 12.8. The molecule has 2 amide bonds. The van der Waals surface area contributed by atoms with E-state index in [2.05, 4.69) is 64.0 Å². The van der Waals surface area contributed by atoms with Crippen molar-refractivity contribution in [2.45, 2.75) is 26.2 Å². The lowest BCUT2D eigenvalue weighted by Gasteiger charge is -2.19. The minimum Gasteiger partial charge on any atom is -0.375 e. The normalized spacial score (nSPS) is 25.3. The van der Waals surface area contributed by atoms with Gasteiger partial charge in [-0.25, -0.2) is 0 Å². The molecular weight excluding hydrogens is 529 g/mol. The lowest BCUT2D eigenvalue weighted by molar-refractivity contribution is -0.140. The zero-order valence-corrected chi connectivity index (χ0v) is 21.9. The van der Waals surface area contributed by atoms with Crippen LogP contribution in [-0.2, 0) is 9.59 Å². The number of imide groups is 1. The SMILES string of the molecule is CCNC(=NCCCN1C(=O)C2C3C=CC(C3)C2C1=O)NCCCN(C)c1ccccc1.I. The number of halogens is 1. The van der Waals surface area contributed by atoms with Crippen LogP contribution in [0.2, 0.25) is 0 Å². The number of guanidine groups is 1. The molecule has 1 saturated carbocycles. The fourth-order valence-electron chi connectivity index (χ4n) is 5.28. The second-order valence-corrected chi connectivity index (χ2v) is 8.98. The number of carbonyl (C=O) groups is 2. The molecule has 0 radical (unpaired) electrons. The number of aliphatic imine (C=N–C) groups is 1. The van der Waals surface area contributed by atoms with Gasteiger partial charge in [0.1, 0.15) is 0 Å². The quantitative estimate of drug-likeness (QED) is 0.114. The van der Waals surface area contributed by atoms with Gasteiger partial charge in [-0.2, -0.15) is 0 Å². The number of para-hydroxylation sites is 1. The molecule has 0 aromatic heterocycles. The van der Waals surface area contributed by atoms with Crippen molar-refractivity contribution < 1.29 is 9.59 Å². The molecule has 4 unspecified atom stereocenters. The lowest BCUT2D eigenvalue weighted by Crippen LogP contribution is -2.39. The summed E-state index contributed by atoms with van der Waals surface area (Å²) in [5, 5.41) is 6.65. The van der Waals surface area contributed by atoms with E-state index in [0.29, 0.717) is 19.5 Å². The highest BCUT2D eigenvalue weighted by Crippen LogP contribution is 2.52. The zero-order chi connectivity index (χ0) is 22.5. The Kier molecular flexibility index (Phi) is 9.17. The van der Waals surface area contributed by atoms with Crippen LogP contribution in [-0.4, -0.2) is 62.4 Å². The summed E-state index contributed by atoms with van der Waals surface area (Å²) in [4.78, 5) is 33.9. The number of nitrogens with zero attached hydrogens (tertiary/aromatic N) is 3. The summed E-state index contributed by atoms with van der Waals surface area (Å²) >= 11 is 0. The van der Waals surface area contributed by atoms with Crippen molar-refractivity contribution in [2.24, 2.45) is 28.7 Å². The fourth-order valence-corrected chi connectivity index (χ4v) is 5.28. The molecule has 2 bridgehead atoms. The predicted molar refractivity (Wildman–Crippen MR) is 143 cm³/mol. The smallest absolute Gasteiger partial charge is 0.233 e. The van der Waals surface area contributed by atoms with Gasteiger partial charge in [-0.15, -0.1) is 24.0 Å². The number of benzene rings is 1. The highest BCUT2D eigenvalue weighted by atomic mass is 127. The van der Waals surface area contributed by atoms with Gasteiger partial charge in [-0.3, -0.25) is 19.5 Å². The number of hydrogen-bond acceptors (Lipinski definition) is 4. The molecule has 2 fully saturated rings. The van der Waals surface area contributed by atoms with Crippen LogP contribution in [0.15, 0.2) is 47.5 Å². The Hall–Kier alpha value is -2.10. The van der Waals surface area contributed by atoms with Crippen LogP contribution < -0.4 is 15.5 Å². The molecule has 33 heavy (non-hydrogen) atoms. The average molecular weight is 566 g/mol. The highest BCUT2D eigenvalue weighted by molar-refractivity contribution is 14.0. The van der Waals surface area contributed by atoms with E-state index in [4.69, 9.17) is 0 Å². The van der Waals surface area contributed by atoms with Crippen LogP contribution in [0, 0.1) is 23.7 Å². The number of amides is 2. The van der Waals surface area contributed by atoms with Crippen molar-refractivity contribution in [3.05, 3.63) is 42.5 Å². The van der Waals surface area contributed by atoms with E-state index in [-0.39, 0.29) is 59.5 Å². The molecule has 1 heterocycles. The fraction of sp³-hybridized carbons (Fsp3) is 0.560. The Labute approximate surface area is 214 Å². The Morgan fingerprint density at radius 2 is 1.73 bits per heavy atom. The van der Waals surface area contributed by atoms with Crippen LogP contribution in [0.4, 0.5) is 5.69 Å². The third kappa shape index (κ3) is 5.70. The van der Waals surface area contributed by atoms with E-state index >= 15 is 0 Å². The highest BCUT2D eigenvalue weighted by Gasteiger charge is 2.58. The summed E-state index contributed by atoms with van der Waals surface area (Å²) in [6, 6.07) is 10.4. The monoisotopic (exact) mass is 565 g/mol. The molecular formula is C25H36IN5O2. The second-order valence-electron chi connectivity index (χ2n) is 8.98. The van der Waals surface area contributed by atoms with Crippen LogP contribution in [0.3, 0.4) is 0 Å². The van der Waals surface area contributed by atoms with Gasteiger partial charge in [0.05, 0.1) is 11.8 Å². The molecule has 0 spiro atoms. The molecule has 1 saturated heterocycles. The first-order valence-electron chi connectivity index (χ1n) is 11.9. The van der Waals surface area contributed by atoms with Crippen molar-refractivity contribution in [1.82, 2.24) is 15.5 Å². The number of likely N-dealkylation sites (tertiary alicyclic amines) is 1. The molecule has 2 N–H and O–H groups in total. The largest absolute Gasteiger partial charge is 0.375 e. The van der Waals surface area contributed by atoms with Gasteiger partial charge >= 0.3 is 0 Å². The molecule has 1 aromatic carbocycles. The number of allylic oxidation sites excluding steroid dienone is 2. The number of anilines is 1. The van der Waals surface area contributed by atoms with Crippen LogP contribution in [0.1, 0.15) is 26.2 Å². The van der Waals surface area contributed by atoms with Gasteiger partial charge in [0.2, 0.25) is 11.8 Å². The van der Waals surface area contributed by atoms with Gasteiger partial charge in [-0.05, 0) is 50.2 Å². The number of rotatable bonds is 10. The first kappa shape index (κ1) is 25.5. The summed E-state index contributed by atoms with van der Waals surface area (Å²) in [7, 11) is 2.10. The molecule has 2 aliphatic carbocycles. The summed E-state index contributed by atoms with van der Waals surface area (Å²) in [6.45, 7) is 5.66. The summed E-state index contributed by atoms with van der Waals surface area (Å²) in [5.74, 6) is 1.20.